The van der Waals surface area contributed by atoms with Crippen LogP contribution in [0.3, 0.4) is 0 Å². The first-order chi connectivity index (χ1) is 13.5. The van der Waals surface area contributed by atoms with E-state index in [1.165, 1.54) is 0 Å². The second kappa shape index (κ2) is 7.40. The van der Waals surface area contributed by atoms with E-state index < -0.39 is 12.0 Å². The number of benzene rings is 1. The summed E-state index contributed by atoms with van der Waals surface area (Å²) in [5.41, 5.74) is 2.00. The fourth-order valence-corrected chi connectivity index (χ4v) is 3.45. The number of aliphatic carboxylic acids is 1. The predicted molar refractivity (Wildman–Crippen MR) is 101 cm³/mol. The molecule has 8 heteroatoms. The summed E-state index contributed by atoms with van der Waals surface area (Å²) in [6.07, 6.45) is 3.36. The summed E-state index contributed by atoms with van der Waals surface area (Å²) in [6, 6.07) is 8.95. The Balaban J connectivity index is 1.53. The molecule has 8 nitrogen and oxygen atoms in total. The van der Waals surface area contributed by atoms with Crippen LogP contribution >= 0.6 is 0 Å². The van der Waals surface area contributed by atoms with Crippen molar-refractivity contribution in [2.75, 3.05) is 0 Å². The average molecular weight is 379 g/mol. The lowest BCUT2D eigenvalue weighted by atomic mass is 10.1. The van der Waals surface area contributed by atoms with E-state index in [0.29, 0.717) is 25.4 Å². The predicted octanol–water partition coefficient (Wildman–Crippen LogP) is 2.55. The standard InChI is InChI=1S/C20H21N5O3/c1-13-8-15(5-6-18(13)28-16-4-3-7-21-9-16)10-24-12-19-23-22-14(2)25(19)11-17(24)20(26)27/h3-9,17H,10-12H2,1-2H3,(H,26,27). The van der Waals surface area contributed by atoms with Gasteiger partial charge in [0, 0.05) is 12.7 Å². The maximum absolute atomic E-state index is 11.8. The number of rotatable bonds is 5. The van der Waals surface area contributed by atoms with Gasteiger partial charge in [-0.05, 0) is 43.2 Å². The zero-order valence-corrected chi connectivity index (χ0v) is 15.7. The van der Waals surface area contributed by atoms with Gasteiger partial charge >= 0.3 is 5.97 Å². The minimum Gasteiger partial charge on any atom is -0.480 e. The monoisotopic (exact) mass is 379 g/mol. The van der Waals surface area contributed by atoms with Gasteiger partial charge in [0.25, 0.3) is 0 Å². The van der Waals surface area contributed by atoms with E-state index >= 15 is 0 Å². The number of hydrogen-bond acceptors (Lipinski definition) is 6. The zero-order valence-electron chi connectivity index (χ0n) is 15.7. The third kappa shape index (κ3) is 3.59. The van der Waals surface area contributed by atoms with Crippen molar-refractivity contribution in [3.05, 3.63) is 65.5 Å². The van der Waals surface area contributed by atoms with Crippen molar-refractivity contribution >= 4 is 5.97 Å². The average Bonchev–Trinajstić information content (AvgIpc) is 3.04. The topological polar surface area (TPSA) is 93.4 Å². The van der Waals surface area contributed by atoms with Gasteiger partial charge in [-0.1, -0.05) is 12.1 Å². The Morgan fingerprint density at radius 3 is 2.86 bits per heavy atom. The van der Waals surface area contributed by atoms with Crippen LogP contribution in [0.4, 0.5) is 0 Å². The van der Waals surface area contributed by atoms with Crippen molar-refractivity contribution in [1.29, 1.82) is 0 Å². The summed E-state index contributed by atoms with van der Waals surface area (Å²) in [5, 5.41) is 17.9. The first-order valence-corrected chi connectivity index (χ1v) is 9.04. The van der Waals surface area contributed by atoms with Crippen molar-refractivity contribution < 1.29 is 14.6 Å². The maximum atomic E-state index is 11.8. The van der Waals surface area contributed by atoms with Crippen LogP contribution in [0.15, 0.2) is 42.7 Å². The van der Waals surface area contributed by atoms with Gasteiger partial charge in [-0.3, -0.25) is 14.7 Å². The number of pyridine rings is 1. The van der Waals surface area contributed by atoms with Gasteiger partial charge in [-0.25, -0.2) is 0 Å². The number of nitrogens with zero attached hydrogens (tertiary/aromatic N) is 5. The van der Waals surface area contributed by atoms with Gasteiger partial charge in [-0.2, -0.15) is 0 Å². The van der Waals surface area contributed by atoms with Crippen LogP contribution in [0.2, 0.25) is 0 Å². The Morgan fingerprint density at radius 1 is 1.29 bits per heavy atom. The number of carboxylic acids is 1. The maximum Gasteiger partial charge on any atom is 0.322 e. The molecule has 0 radical (unpaired) electrons. The number of hydrogen-bond donors (Lipinski definition) is 1. The Morgan fingerprint density at radius 2 is 2.14 bits per heavy atom. The van der Waals surface area contributed by atoms with Crippen LogP contribution in [0, 0.1) is 13.8 Å². The molecule has 28 heavy (non-hydrogen) atoms. The molecule has 0 saturated heterocycles. The van der Waals surface area contributed by atoms with E-state index in [4.69, 9.17) is 4.74 Å². The molecule has 0 saturated carbocycles. The lowest BCUT2D eigenvalue weighted by Gasteiger charge is -2.33. The second-order valence-electron chi connectivity index (χ2n) is 6.92. The Hall–Kier alpha value is -3.26. The fraction of sp³-hybridized carbons (Fsp3) is 0.300. The summed E-state index contributed by atoms with van der Waals surface area (Å²) in [6.45, 7) is 5.13. The Labute approximate surface area is 162 Å². The summed E-state index contributed by atoms with van der Waals surface area (Å²) in [5.74, 6) is 2.12. The lowest BCUT2D eigenvalue weighted by Crippen LogP contribution is -2.47. The summed E-state index contributed by atoms with van der Waals surface area (Å²) < 4.78 is 7.75. The van der Waals surface area contributed by atoms with Gasteiger partial charge in [0.15, 0.2) is 0 Å². The van der Waals surface area contributed by atoms with E-state index in [9.17, 15) is 9.90 Å². The van der Waals surface area contributed by atoms with Gasteiger partial charge < -0.3 is 14.4 Å². The molecule has 0 aliphatic carbocycles. The highest BCUT2D eigenvalue weighted by atomic mass is 16.5. The third-order valence-corrected chi connectivity index (χ3v) is 4.93. The van der Waals surface area contributed by atoms with Crippen molar-refractivity contribution in [3.63, 3.8) is 0 Å². The van der Waals surface area contributed by atoms with Gasteiger partial charge in [0.1, 0.15) is 29.2 Å². The molecular formula is C20H21N5O3. The first kappa shape index (κ1) is 18.1. The summed E-state index contributed by atoms with van der Waals surface area (Å²) >= 11 is 0. The summed E-state index contributed by atoms with van der Waals surface area (Å²) in [7, 11) is 0. The smallest absolute Gasteiger partial charge is 0.322 e. The quantitative estimate of drug-likeness (QED) is 0.728. The molecule has 3 aromatic rings. The highest BCUT2D eigenvalue weighted by molar-refractivity contribution is 5.73. The molecule has 1 aliphatic rings. The molecule has 1 aliphatic heterocycles. The largest absolute Gasteiger partial charge is 0.480 e. The van der Waals surface area contributed by atoms with Crippen LogP contribution in [0.1, 0.15) is 22.8 Å². The molecular weight excluding hydrogens is 358 g/mol. The van der Waals surface area contributed by atoms with Gasteiger partial charge in [0.2, 0.25) is 0 Å². The van der Waals surface area contributed by atoms with Gasteiger partial charge in [-0.15, -0.1) is 10.2 Å². The van der Waals surface area contributed by atoms with Crippen LogP contribution in [-0.2, 0) is 24.4 Å². The Bertz CT molecular complexity index is 1000. The molecule has 1 aromatic carbocycles. The summed E-state index contributed by atoms with van der Waals surface area (Å²) in [4.78, 5) is 17.8. The lowest BCUT2D eigenvalue weighted by molar-refractivity contribution is -0.145. The van der Waals surface area contributed by atoms with E-state index in [0.717, 1.165) is 28.5 Å². The SMILES string of the molecule is Cc1cc(CN2Cc3nnc(C)n3CC2C(=O)O)ccc1Oc1cccnc1. The third-order valence-electron chi connectivity index (χ3n) is 4.93. The molecule has 4 rings (SSSR count). The highest BCUT2D eigenvalue weighted by Gasteiger charge is 2.33. The number of ether oxygens (including phenoxy) is 1. The van der Waals surface area contributed by atoms with Crippen molar-refractivity contribution in [2.24, 2.45) is 0 Å². The molecule has 1 N–H and O–H groups in total. The first-order valence-electron chi connectivity index (χ1n) is 9.04. The number of carboxylic acid groups (broad SMARTS) is 1. The molecule has 2 aromatic heterocycles. The number of carbonyl (C=O) groups is 1. The minimum absolute atomic E-state index is 0.352. The molecule has 0 fully saturated rings. The molecule has 1 atom stereocenters. The number of aromatic nitrogens is 4. The van der Waals surface area contributed by atoms with Gasteiger partial charge in [0.05, 0.1) is 19.3 Å². The normalized spacial score (nSPS) is 16.6. The van der Waals surface area contributed by atoms with Crippen LogP contribution < -0.4 is 4.74 Å². The Kier molecular flexibility index (Phi) is 4.79. The number of aryl methyl sites for hydroxylation is 2. The highest BCUT2D eigenvalue weighted by Crippen LogP contribution is 2.27. The zero-order chi connectivity index (χ0) is 19.7. The van der Waals surface area contributed by atoms with E-state index in [1.807, 2.05) is 53.6 Å². The van der Waals surface area contributed by atoms with Crippen LogP contribution in [0.5, 0.6) is 11.5 Å². The second-order valence-corrected chi connectivity index (χ2v) is 6.92. The van der Waals surface area contributed by atoms with E-state index in [-0.39, 0.29) is 0 Å². The molecule has 0 bridgehead atoms. The molecule has 1 unspecified atom stereocenters. The van der Waals surface area contributed by atoms with Crippen LogP contribution in [0.25, 0.3) is 0 Å². The van der Waals surface area contributed by atoms with Crippen molar-refractivity contribution in [2.45, 2.75) is 39.5 Å². The molecule has 0 amide bonds. The fourth-order valence-electron chi connectivity index (χ4n) is 3.45. The molecule has 144 valence electrons. The van der Waals surface area contributed by atoms with Crippen LogP contribution in [-0.4, -0.2) is 41.8 Å². The molecule has 3 heterocycles. The van der Waals surface area contributed by atoms with E-state index in [1.54, 1.807) is 12.4 Å². The number of fused-ring (bicyclic) bond motifs is 1. The van der Waals surface area contributed by atoms with E-state index in [2.05, 4.69) is 15.2 Å². The molecule has 0 spiro atoms. The van der Waals surface area contributed by atoms with Crippen molar-refractivity contribution in [3.8, 4) is 11.5 Å². The minimum atomic E-state index is -0.841. The van der Waals surface area contributed by atoms with Crippen molar-refractivity contribution in [1.82, 2.24) is 24.6 Å².